The van der Waals surface area contributed by atoms with Gasteiger partial charge in [0.2, 0.25) is 0 Å². The Kier molecular flexibility index (Phi) is 4.25. The average Bonchev–Trinajstić information content (AvgIpc) is 2.14. The molecule has 0 unspecified atom stereocenters. The van der Waals surface area contributed by atoms with Crippen molar-refractivity contribution < 1.29 is 17.9 Å². The number of rotatable bonds is 4. The van der Waals surface area contributed by atoms with Crippen LogP contribution in [0.1, 0.15) is 6.42 Å². The average molecular weight is 269 g/mol. The molecule has 0 amide bonds. The van der Waals surface area contributed by atoms with Gasteiger partial charge in [0.1, 0.15) is 0 Å². The van der Waals surface area contributed by atoms with Gasteiger partial charge in [-0.25, -0.2) is 13.2 Å². The maximum atomic E-state index is 12.9. The number of ether oxygens (including phenoxy) is 1. The highest BCUT2D eigenvalue weighted by atomic mass is 79.9. The summed E-state index contributed by atoms with van der Waals surface area (Å²) in [6.45, 7) is 0.257. The van der Waals surface area contributed by atoms with Crippen molar-refractivity contribution in [1.29, 1.82) is 0 Å². The summed E-state index contributed by atoms with van der Waals surface area (Å²) in [7, 11) is 0. The van der Waals surface area contributed by atoms with E-state index in [1.54, 1.807) is 0 Å². The fourth-order valence-electron chi connectivity index (χ4n) is 0.852. The second-order valence-electron chi connectivity index (χ2n) is 2.59. The molecule has 0 aliphatic rings. The molecule has 0 aromatic heterocycles. The van der Waals surface area contributed by atoms with Crippen LogP contribution in [0.25, 0.3) is 0 Å². The summed E-state index contributed by atoms with van der Waals surface area (Å²) in [4.78, 5) is 0. The minimum atomic E-state index is -1.21. The molecule has 0 N–H and O–H groups in total. The Labute approximate surface area is 88.0 Å². The minimum Gasteiger partial charge on any atom is -0.490 e. The number of alkyl halides is 1. The molecule has 5 heteroatoms. The van der Waals surface area contributed by atoms with Crippen LogP contribution in [0.2, 0.25) is 0 Å². The van der Waals surface area contributed by atoms with Gasteiger partial charge in [0.25, 0.3) is 0 Å². The van der Waals surface area contributed by atoms with Crippen molar-refractivity contribution in [2.45, 2.75) is 6.42 Å². The molecule has 0 heterocycles. The lowest BCUT2D eigenvalue weighted by Crippen LogP contribution is -2.01. The summed E-state index contributed by atoms with van der Waals surface area (Å²) < 4.78 is 42.9. The normalized spacial score (nSPS) is 10.3. The van der Waals surface area contributed by atoms with Gasteiger partial charge in [-0.3, -0.25) is 0 Å². The Hall–Kier alpha value is -0.710. The van der Waals surface area contributed by atoms with Crippen LogP contribution >= 0.6 is 15.9 Å². The van der Waals surface area contributed by atoms with Gasteiger partial charge < -0.3 is 4.74 Å². The maximum Gasteiger partial charge on any atom is 0.168 e. The quantitative estimate of drug-likeness (QED) is 0.463. The molecule has 1 nitrogen and oxygen atoms in total. The zero-order valence-electron chi connectivity index (χ0n) is 7.20. The van der Waals surface area contributed by atoms with Crippen molar-refractivity contribution in [2.24, 2.45) is 0 Å². The van der Waals surface area contributed by atoms with Crippen LogP contribution in [0.15, 0.2) is 12.1 Å². The summed E-state index contributed by atoms with van der Waals surface area (Å²) >= 11 is 3.16. The first-order valence-electron chi connectivity index (χ1n) is 3.98. The summed E-state index contributed by atoms with van der Waals surface area (Å²) in [6, 6.07) is 1.18. The number of hydrogen-bond acceptors (Lipinski definition) is 1. The molecule has 1 aromatic rings. The summed E-state index contributed by atoms with van der Waals surface area (Å²) in [5.41, 5.74) is 0. The highest BCUT2D eigenvalue weighted by Crippen LogP contribution is 2.20. The van der Waals surface area contributed by atoms with Gasteiger partial charge in [-0.05, 0) is 6.42 Å². The zero-order chi connectivity index (χ0) is 10.6. The maximum absolute atomic E-state index is 12.9. The van der Waals surface area contributed by atoms with E-state index in [9.17, 15) is 13.2 Å². The van der Waals surface area contributed by atoms with Crippen LogP contribution in [0.4, 0.5) is 13.2 Å². The Morgan fingerprint density at radius 2 is 1.71 bits per heavy atom. The summed E-state index contributed by atoms with van der Waals surface area (Å²) in [6.07, 6.45) is 0.665. The molecule has 1 aromatic carbocycles. The van der Waals surface area contributed by atoms with Crippen molar-refractivity contribution in [3.63, 3.8) is 0 Å². The fourth-order valence-corrected chi connectivity index (χ4v) is 1.08. The lowest BCUT2D eigenvalue weighted by molar-refractivity contribution is 0.298. The molecule has 0 fully saturated rings. The van der Waals surface area contributed by atoms with E-state index in [1.807, 2.05) is 0 Å². The van der Waals surface area contributed by atoms with E-state index in [0.29, 0.717) is 23.9 Å². The third-order valence-electron chi connectivity index (χ3n) is 1.51. The largest absolute Gasteiger partial charge is 0.490 e. The lowest BCUT2D eigenvalue weighted by Gasteiger charge is -2.06. The molecule has 0 saturated carbocycles. The lowest BCUT2D eigenvalue weighted by atomic mass is 10.3. The molecule has 0 aliphatic carbocycles. The van der Waals surface area contributed by atoms with E-state index in [1.165, 1.54) is 0 Å². The molecule has 0 saturated heterocycles. The van der Waals surface area contributed by atoms with Gasteiger partial charge in [0, 0.05) is 17.5 Å². The fraction of sp³-hybridized carbons (Fsp3) is 0.333. The first-order valence-corrected chi connectivity index (χ1v) is 5.10. The predicted octanol–water partition coefficient (Wildman–Crippen LogP) is 3.27. The highest BCUT2D eigenvalue weighted by Gasteiger charge is 2.10. The van der Waals surface area contributed by atoms with Gasteiger partial charge >= 0.3 is 0 Å². The van der Waals surface area contributed by atoms with Crippen LogP contribution < -0.4 is 4.74 Å². The van der Waals surface area contributed by atoms with Crippen LogP contribution in [-0.4, -0.2) is 11.9 Å². The van der Waals surface area contributed by atoms with E-state index in [2.05, 4.69) is 15.9 Å². The summed E-state index contributed by atoms with van der Waals surface area (Å²) in [5, 5.41) is 0.707. The molecule has 0 spiro atoms. The van der Waals surface area contributed by atoms with Crippen LogP contribution in [0, 0.1) is 17.5 Å². The molecular formula is C9H8BrF3O. The molecule has 1 rings (SSSR count). The summed E-state index contributed by atoms with van der Waals surface area (Å²) in [5.74, 6) is -3.47. The van der Waals surface area contributed by atoms with Crippen molar-refractivity contribution in [3.05, 3.63) is 29.6 Å². The van der Waals surface area contributed by atoms with Crippen molar-refractivity contribution in [3.8, 4) is 5.75 Å². The van der Waals surface area contributed by atoms with E-state index in [-0.39, 0.29) is 12.4 Å². The molecule has 14 heavy (non-hydrogen) atoms. The highest BCUT2D eigenvalue weighted by molar-refractivity contribution is 9.09. The first kappa shape index (κ1) is 11.4. The van der Waals surface area contributed by atoms with Crippen molar-refractivity contribution in [1.82, 2.24) is 0 Å². The second-order valence-corrected chi connectivity index (χ2v) is 3.38. The monoisotopic (exact) mass is 268 g/mol. The Morgan fingerprint density at radius 1 is 1.07 bits per heavy atom. The van der Waals surface area contributed by atoms with E-state index >= 15 is 0 Å². The predicted molar refractivity (Wildman–Crippen MR) is 50.2 cm³/mol. The standard InChI is InChI=1S/C9H8BrF3O/c10-2-1-3-14-9-5-7(12)6(11)4-8(9)13/h4-5H,1-3H2. The van der Waals surface area contributed by atoms with Gasteiger partial charge in [0.15, 0.2) is 23.2 Å². The SMILES string of the molecule is Fc1cc(F)c(OCCCBr)cc1F. The molecule has 0 atom stereocenters. The Balaban J connectivity index is 2.72. The van der Waals surface area contributed by atoms with E-state index in [4.69, 9.17) is 4.74 Å². The van der Waals surface area contributed by atoms with E-state index < -0.39 is 17.5 Å². The van der Waals surface area contributed by atoms with Crippen molar-refractivity contribution >= 4 is 15.9 Å². The number of hydrogen-bond donors (Lipinski definition) is 0. The third kappa shape index (κ3) is 2.90. The topological polar surface area (TPSA) is 9.23 Å². The van der Waals surface area contributed by atoms with Crippen molar-refractivity contribution in [2.75, 3.05) is 11.9 Å². The smallest absolute Gasteiger partial charge is 0.168 e. The molecule has 78 valence electrons. The van der Waals surface area contributed by atoms with Crippen LogP contribution in [0.5, 0.6) is 5.75 Å². The van der Waals surface area contributed by atoms with Gasteiger partial charge in [0.05, 0.1) is 6.61 Å². The third-order valence-corrected chi connectivity index (χ3v) is 2.07. The van der Waals surface area contributed by atoms with Crippen LogP contribution in [-0.2, 0) is 0 Å². The molecule has 0 aliphatic heterocycles. The van der Waals surface area contributed by atoms with Gasteiger partial charge in [-0.15, -0.1) is 0 Å². The van der Waals surface area contributed by atoms with Crippen LogP contribution in [0.3, 0.4) is 0 Å². The molecule has 0 bridgehead atoms. The van der Waals surface area contributed by atoms with Gasteiger partial charge in [-0.2, -0.15) is 0 Å². The second kappa shape index (κ2) is 5.24. The molecule has 0 radical (unpaired) electrons. The Bertz CT molecular complexity index is 317. The zero-order valence-corrected chi connectivity index (χ0v) is 8.78. The minimum absolute atomic E-state index is 0.257. The van der Waals surface area contributed by atoms with Gasteiger partial charge in [-0.1, -0.05) is 15.9 Å². The number of halogens is 4. The number of benzene rings is 1. The first-order chi connectivity index (χ1) is 6.65. The van der Waals surface area contributed by atoms with E-state index in [0.717, 1.165) is 0 Å². The molecular weight excluding hydrogens is 261 g/mol. The Morgan fingerprint density at radius 3 is 2.36 bits per heavy atom.